The second kappa shape index (κ2) is 6.24. The predicted octanol–water partition coefficient (Wildman–Crippen LogP) is 0.397. The summed E-state index contributed by atoms with van der Waals surface area (Å²) in [6.45, 7) is 0.203. The maximum absolute atomic E-state index is 8.26. The van der Waals surface area contributed by atoms with Gasteiger partial charge in [-0.25, -0.2) is 0 Å². The Balaban J connectivity index is 3.07. The third kappa shape index (κ3) is 5.24. The van der Waals surface area contributed by atoms with Crippen molar-refractivity contribution in [2.24, 2.45) is 5.73 Å². The van der Waals surface area contributed by atoms with Crippen LogP contribution in [0.1, 0.15) is 6.42 Å². The minimum atomic E-state index is 0.203. The topological polar surface area (TPSA) is 46.2 Å². The molecule has 0 aliphatic rings. The number of aliphatic hydroxyl groups excluding tert-OH is 1. The molecule has 8 heavy (non-hydrogen) atoms. The normalized spacial score (nSPS) is 11.6. The lowest BCUT2D eigenvalue weighted by molar-refractivity contribution is 0.302. The number of aliphatic hydroxyl groups is 1. The van der Waals surface area contributed by atoms with E-state index >= 15 is 0 Å². The Morgan fingerprint density at radius 1 is 1.38 bits per heavy atom. The van der Waals surface area contributed by atoms with Gasteiger partial charge in [-0.15, -0.1) is 0 Å². The fraction of sp³-hybridized carbons (Fsp3) is 0.333. The zero-order valence-electron chi connectivity index (χ0n) is 4.75. The van der Waals surface area contributed by atoms with Crippen LogP contribution in [-0.4, -0.2) is 11.7 Å². The molecule has 0 radical (unpaired) electrons. The van der Waals surface area contributed by atoms with Crippen LogP contribution >= 0.6 is 0 Å². The van der Waals surface area contributed by atoms with Crippen LogP contribution < -0.4 is 5.73 Å². The summed E-state index contributed by atoms with van der Waals surface area (Å²) in [6.07, 6.45) is 7.52. The average molecular weight is 113 g/mol. The minimum absolute atomic E-state index is 0.203. The van der Waals surface area contributed by atoms with E-state index in [4.69, 9.17) is 10.8 Å². The van der Waals surface area contributed by atoms with E-state index in [9.17, 15) is 0 Å². The molecule has 2 nitrogen and oxygen atoms in total. The van der Waals surface area contributed by atoms with Gasteiger partial charge >= 0.3 is 0 Å². The lowest BCUT2D eigenvalue weighted by atomic mass is 10.4. The van der Waals surface area contributed by atoms with Crippen molar-refractivity contribution in [1.82, 2.24) is 0 Å². The van der Waals surface area contributed by atoms with Crippen LogP contribution in [0, 0.1) is 0 Å². The molecule has 0 aromatic rings. The van der Waals surface area contributed by atoms with Crippen molar-refractivity contribution in [3.63, 3.8) is 0 Å². The molecule has 0 heterocycles. The Kier molecular flexibility index (Phi) is 5.65. The van der Waals surface area contributed by atoms with Gasteiger partial charge in [-0.2, -0.15) is 0 Å². The fourth-order valence-electron chi connectivity index (χ4n) is 0.313. The molecule has 3 N–H and O–H groups in total. The molecule has 46 valence electrons. The zero-order chi connectivity index (χ0) is 6.24. The standard InChI is InChI=1S/C6H11NO/c7-5-3-1-2-4-6-8/h1-3,5,8H,4,6-7H2/b2-1-,5-3-. The number of allylic oxidation sites excluding steroid dienone is 2. The third-order valence-corrected chi connectivity index (χ3v) is 0.654. The van der Waals surface area contributed by atoms with E-state index in [1.54, 1.807) is 12.2 Å². The molecule has 0 aromatic carbocycles. The molecule has 0 amide bonds. The first-order valence-electron chi connectivity index (χ1n) is 2.56. The number of rotatable bonds is 3. The molecule has 0 atom stereocenters. The highest BCUT2D eigenvalue weighted by Crippen LogP contribution is 1.79. The van der Waals surface area contributed by atoms with Crippen LogP contribution in [0.4, 0.5) is 0 Å². The van der Waals surface area contributed by atoms with E-state index in [2.05, 4.69) is 0 Å². The van der Waals surface area contributed by atoms with Crippen molar-refractivity contribution in [2.75, 3.05) is 6.61 Å². The Morgan fingerprint density at radius 2 is 2.12 bits per heavy atom. The van der Waals surface area contributed by atoms with E-state index in [1.165, 1.54) is 6.20 Å². The van der Waals surface area contributed by atoms with Crippen LogP contribution in [0.25, 0.3) is 0 Å². The van der Waals surface area contributed by atoms with Crippen LogP contribution in [0.2, 0.25) is 0 Å². The Bertz CT molecular complexity index is 86.5. The largest absolute Gasteiger partial charge is 0.405 e. The number of hydrogen-bond donors (Lipinski definition) is 2. The summed E-state index contributed by atoms with van der Waals surface area (Å²) in [4.78, 5) is 0. The first kappa shape index (κ1) is 7.24. The van der Waals surface area contributed by atoms with Crippen LogP contribution in [-0.2, 0) is 0 Å². The Morgan fingerprint density at radius 3 is 2.62 bits per heavy atom. The molecule has 2 heteroatoms. The van der Waals surface area contributed by atoms with Gasteiger partial charge in [0.1, 0.15) is 0 Å². The molecule has 0 aliphatic carbocycles. The second-order valence-corrected chi connectivity index (χ2v) is 1.33. The van der Waals surface area contributed by atoms with Gasteiger partial charge in [0.15, 0.2) is 0 Å². The fourth-order valence-corrected chi connectivity index (χ4v) is 0.313. The van der Waals surface area contributed by atoms with Gasteiger partial charge in [0.25, 0.3) is 0 Å². The summed E-state index contributed by atoms with van der Waals surface area (Å²) in [6, 6.07) is 0. The van der Waals surface area contributed by atoms with Crippen molar-refractivity contribution in [3.8, 4) is 0 Å². The third-order valence-electron chi connectivity index (χ3n) is 0.654. The highest BCUT2D eigenvalue weighted by atomic mass is 16.2. The van der Waals surface area contributed by atoms with Gasteiger partial charge in [0.05, 0.1) is 0 Å². The zero-order valence-corrected chi connectivity index (χ0v) is 4.75. The highest BCUT2D eigenvalue weighted by molar-refractivity contribution is 5.00. The minimum Gasteiger partial charge on any atom is -0.405 e. The van der Waals surface area contributed by atoms with Gasteiger partial charge in [-0.05, 0) is 18.7 Å². The molecule has 0 aromatic heterocycles. The summed E-state index contributed by atoms with van der Waals surface area (Å²) >= 11 is 0. The van der Waals surface area contributed by atoms with Crippen molar-refractivity contribution in [1.29, 1.82) is 0 Å². The molecule has 0 saturated carbocycles. The van der Waals surface area contributed by atoms with Crippen molar-refractivity contribution >= 4 is 0 Å². The molecule has 0 fully saturated rings. The molecule has 0 unspecified atom stereocenters. The van der Waals surface area contributed by atoms with Gasteiger partial charge in [0, 0.05) is 6.61 Å². The summed E-state index contributed by atoms with van der Waals surface area (Å²) in [7, 11) is 0. The maximum atomic E-state index is 8.26. The Hall–Kier alpha value is -0.760. The molecule has 0 rings (SSSR count). The summed E-state index contributed by atoms with van der Waals surface area (Å²) in [5.41, 5.74) is 5.02. The van der Waals surface area contributed by atoms with Crippen molar-refractivity contribution in [3.05, 3.63) is 24.4 Å². The van der Waals surface area contributed by atoms with Crippen LogP contribution in [0.15, 0.2) is 24.4 Å². The molecular weight excluding hydrogens is 102 g/mol. The van der Waals surface area contributed by atoms with Gasteiger partial charge in [0.2, 0.25) is 0 Å². The summed E-state index contributed by atoms with van der Waals surface area (Å²) in [5.74, 6) is 0. The lowest BCUT2D eigenvalue weighted by Crippen LogP contribution is -1.75. The smallest absolute Gasteiger partial charge is 0.0465 e. The Labute approximate surface area is 49.3 Å². The second-order valence-electron chi connectivity index (χ2n) is 1.33. The van der Waals surface area contributed by atoms with Gasteiger partial charge in [-0.3, -0.25) is 0 Å². The van der Waals surface area contributed by atoms with Crippen LogP contribution in [0.3, 0.4) is 0 Å². The molecule has 0 bridgehead atoms. The number of hydrogen-bond acceptors (Lipinski definition) is 2. The van der Waals surface area contributed by atoms with Gasteiger partial charge < -0.3 is 10.8 Å². The quantitative estimate of drug-likeness (QED) is 0.520. The molecular formula is C6H11NO. The summed E-state index contributed by atoms with van der Waals surface area (Å²) in [5, 5.41) is 8.26. The lowest BCUT2D eigenvalue weighted by Gasteiger charge is -1.78. The van der Waals surface area contributed by atoms with Crippen LogP contribution in [0.5, 0.6) is 0 Å². The van der Waals surface area contributed by atoms with E-state index in [-0.39, 0.29) is 6.61 Å². The van der Waals surface area contributed by atoms with E-state index < -0.39 is 0 Å². The first-order chi connectivity index (χ1) is 3.91. The summed E-state index contributed by atoms with van der Waals surface area (Å²) < 4.78 is 0. The SMILES string of the molecule is N/C=C\C=C/CCO. The monoisotopic (exact) mass is 113 g/mol. The predicted molar refractivity (Wildman–Crippen MR) is 34.2 cm³/mol. The maximum Gasteiger partial charge on any atom is 0.0465 e. The van der Waals surface area contributed by atoms with E-state index in [1.807, 2.05) is 6.08 Å². The number of nitrogens with two attached hydrogens (primary N) is 1. The van der Waals surface area contributed by atoms with Crippen molar-refractivity contribution in [2.45, 2.75) is 6.42 Å². The van der Waals surface area contributed by atoms with E-state index in [0.29, 0.717) is 6.42 Å². The highest BCUT2D eigenvalue weighted by Gasteiger charge is 1.68. The van der Waals surface area contributed by atoms with Crippen molar-refractivity contribution < 1.29 is 5.11 Å². The average Bonchev–Trinajstić information content (AvgIpc) is 1.81. The van der Waals surface area contributed by atoms with Gasteiger partial charge in [-0.1, -0.05) is 12.2 Å². The first-order valence-corrected chi connectivity index (χ1v) is 2.56. The van der Waals surface area contributed by atoms with E-state index in [0.717, 1.165) is 0 Å². The molecule has 0 aliphatic heterocycles. The molecule has 0 spiro atoms. The molecule has 0 saturated heterocycles.